The Morgan fingerprint density at radius 1 is 1.11 bits per heavy atom. The number of amides is 2. The highest BCUT2D eigenvalue weighted by Crippen LogP contribution is 2.27. The first kappa shape index (κ1) is 18.3. The Bertz CT molecular complexity index is 931. The van der Waals surface area contributed by atoms with Gasteiger partial charge in [-0.2, -0.15) is 0 Å². The van der Waals surface area contributed by atoms with Gasteiger partial charge in [0.1, 0.15) is 0 Å². The lowest BCUT2D eigenvalue weighted by atomic mass is 10.1. The van der Waals surface area contributed by atoms with Crippen molar-refractivity contribution in [2.75, 3.05) is 24.2 Å². The largest absolute Gasteiger partial charge is 0.342 e. The van der Waals surface area contributed by atoms with Crippen LogP contribution in [0.5, 0.6) is 0 Å². The third kappa shape index (κ3) is 4.45. The summed E-state index contributed by atoms with van der Waals surface area (Å²) >= 11 is 3.96. The van der Waals surface area contributed by atoms with E-state index in [-0.39, 0.29) is 11.8 Å². The molecule has 1 aliphatic rings. The second-order valence-corrected chi connectivity index (χ2v) is 9.27. The standard InChI is InChI=1S/C17H17N5O2S3/c23-13(22-8-4-1-5-9-22)10-25-17-21-20-16(27-17)19-14(24)15-18-11-6-2-3-7-12(11)26-15/h2-3,6-7H,1,4-5,8-10H2,(H,19,20,24). The van der Waals surface area contributed by atoms with Crippen LogP contribution in [0.1, 0.15) is 29.1 Å². The van der Waals surface area contributed by atoms with Crippen molar-refractivity contribution in [1.82, 2.24) is 20.1 Å². The highest BCUT2D eigenvalue weighted by molar-refractivity contribution is 8.01. The number of piperidine rings is 1. The molecule has 1 fully saturated rings. The zero-order valence-electron chi connectivity index (χ0n) is 14.4. The molecule has 1 aromatic carbocycles. The Balaban J connectivity index is 1.33. The number of anilines is 1. The van der Waals surface area contributed by atoms with E-state index in [2.05, 4.69) is 20.5 Å². The molecule has 140 valence electrons. The molecule has 1 aliphatic heterocycles. The number of aromatic nitrogens is 3. The molecule has 27 heavy (non-hydrogen) atoms. The second-order valence-electron chi connectivity index (χ2n) is 6.04. The Kier molecular flexibility index (Phi) is 5.65. The third-order valence-corrected chi connectivity index (χ3v) is 7.13. The molecule has 0 unspecified atom stereocenters. The maximum atomic E-state index is 12.4. The fourth-order valence-electron chi connectivity index (χ4n) is 2.80. The van der Waals surface area contributed by atoms with E-state index in [1.165, 1.54) is 40.9 Å². The van der Waals surface area contributed by atoms with Crippen molar-refractivity contribution in [2.45, 2.75) is 23.6 Å². The van der Waals surface area contributed by atoms with Gasteiger partial charge in [-0.1, -0.05) is 35.2 Å². The number of fused-ring (bicyclic) bond motifs is 1. The Morgan fingerprint density at radius 2 is 1.93 bits per heavy atom. The van der Waals surface area contributed by atoms with E-state index in [1.54, 1.807) is 0 Å². The van der Waals surface area contributed by atoms with E-state index in [9.17, 15) is 9.59 Å². The van der Waals surface area contributed by atoms with Gasteiger partial charge in [0.05, 0.1) is 16.0 Å². The molecule has 0 bridgehead atoms. The molecule has 0 saturated carbocycles. The summed E-state index contributed by atoms with van der Waals surface area (Å²) in [4.78, 5) is 30.8. The van der Waals surface area contributed by atoms with Crippen LogP contribution in [0.25, 0.3) is 10.2 Å². The molecule has 2 amide bonds. The van der Waals surface area contributed by atoms with Crippen molar-refractivity contribution in [1.29, 1.82) is 0 Å². The number of benzene rings is 1. The summed E-state index contributed by atoms with van der Waals surface area (Å²) < 4.78 is 1.63. The number of hydrogen-bond acceptors (Lipinski definition) is 8. The van der Waals surface area contributed by atoms with E-state index in [0.29, 0.717) is 20.2 Å². The molecule has 3 aromatic rings. The summed E-state index contributed by atoms with van der Waals surface area (Å²) in [7, 11) is 0. The Morgan fingerprint density at radius 3 is 2.74 bits per heavy atom. The van der Waals surface area contributed by atoms with Crippen LogP contribution in [0.3, 0.4) is 0 Å². The van der Waals surface area contributed by atoms with Crippen LogP contribution in [-0.4, -0.2) is 50.7 Å². The molecule has 1 saturated heterocycles. The molecular weight excluding hydrogens is 402 g/mol. The molecule has 7 nitrogen and oxygen atoms in total. The number of thioether (sulfide) groups is 1. The second kappa shape index (κ2) is 8.32. The van der Waals surface area contributed by atoms with Crippen LogP contribution in [0.15, 0.2) is 28.6 Å². The Hall–Kier alpha value is -2.04. The number of rotatable bonds is 5. The van der Waals surface area contributed by atoms with Crippen LogP contribution in [0.4, 0.5) is 5.13 Å². The van der Waals surface area contributed by atoms with Gasteiger partial charge < -0.3 is 4.90 Å². The molecule has 3 heterocycles. The molecule has 4 rings (SSSR count). The average molecular weight is 420 g/mol. The van der Waals surface area contributed by atoms with E-state index >= 15 is 0 Å². The number of likely N-dealkylation sites (tertiary alicyclic amines) is 1. The number of para-hydroxylation sites is 1. The van der Waals surface area contributed by atoms with Gasteiger partial charge >= 0.3 is 0 Å². The van der Waals surface area contributed by atoms with E-state index in [0.717, 1.165) is 36.1 Å². The first-order valence-corrected chi connectivity index (χ1v) is 11.2. The van der Waals surface area contributed by atoms with Gasteiger partial charge in [-0.05, 0) is 31.4 Å². The van der Waals surface area contributed by atoms with E-state index in [4.69, 9.17) is 0 Å². The van der Waals surface area contributed by atoms with Gasteiger partial charge in [-0.3, -0.25) is 14.9 Å². The predicted molar refractivity (Wildman–Crippen MR) is 109 cm³/mol. The van der Waals surface area contributed by atoms with Crippen LogP contribution < -0.4 is 5.32 Å². The van der Waals surface area contributed by atoms with Gasteiger partial charge in [0.25, 0.3) is 5.91 Å². The lowest BCUT2D eigenvalue weighted by Gasteiger charge is -2.26. The number of carbonyl (C=O) groups is 2. The average Bonchev–Trinajstić information content (AvgIpc) is 3.33. The van der Waals surface area contributed by atoms with Crippen molar-refractivity contribution >= 4 is 61.6 Å². The number of thiazole rings is 1. The maximum absolute atomic E-state index is 12.4. The van der Waals surface area contributed by atoms with E-state index < -0.39 is 0 Å². The summed E-state index contributed by atoms with van der Waals surface area (Å²) in [5.74, 6) is 0.184. The molecule has 0 spiro atoms. The molecule has 2 aromatic heterocycles. The van der Waals surface area contributed by atoms with Crippen molar-refractivity contribution < 1.29 is 9.59 Å². The first-order valence-electron chi connectivity index (χ1n) is 8.60. The van der Waals surface area contributed by atoms with Crippen molar-refractivity contribution in [3.05, 3.63) is 29.3 Å². The monoisotopic (exact) mass is 419 g/mol. The lowest BCUT2D eigenvalue weighted by Crippen LogP contribution is -2.36. The lowest BCUT2D eigenvalue weighted by molar-refractivity contribution is -0.129. The SMILES string of the molecule is O=C(Nc1nnc(SCC(=O)N2CCCCC2)s1)c1nc2ccccc2s1. The number of hydrogen-bond donors (Lipinski definition) is 1. The zero-order chi connectivity index (χ0) is 18.6. The highest BCUT2D eigenvalue weighted by atomic mass is 32.2. The molecule has 10 heteroatoms. The van der Waals surface area contributed by atoms with Crippen LogP contribution >= 0.6 is 34.4 Å². The van der Waals surface area contributed by atoms with Crippen LogP contribution in [0, 0.1) is 0 Å². The predicted octanol–water partition coefficient (Wildman–Crippen LogP) is 3.50. The minimum Gasteiger partial charge on any atom is -0.342 e. The fourth-order valence-corrected chi connectivity index (χ4v) is 5.31. The van der Waals surface area contributed by atoms with Gasteiger partial charge in [0.15, 0.2) is 9.35 Å². The smallest absolute Gasteiger partial charge is 0.286 e. The number of nitrogens with one attached hydrogen (secondary N) is 1. The van der Waals surface area contributed by atoms with Gasteiger partial charge in [-0.15, -0.1) is 21.5 Å². The third-order valence-electron chi connectivity index (χ3n) is 4.14. The fraction of sp³-hybridized carbons (Fsp3) is 0.353. The summed E-state index contributed by atoms with van der Waals surface area (Å²) in [6.07, 6.45) is 3.36. The molecule has 1 N–H and O–H groups in total. The van der Waals surface area contributed by atoms with E-state index in [1.807, 2.05) is 29.2 Å². The minimum atomic E-state index is -0.298. The molecular formula is C17H17N5O2S3. The highest BCUT2D eigenvalue weighted by Gasteiger charge is 2.18. The minimum absolute atomic E-state index is 0.134. The first-order chi connectivity index (χ1) is 13.2. The molecule has 0 aliphatic carbocycles. The normalized spacial score (nSPS) is 14.4. The quantitative estimate of drug-likeness (QED) is 0.503. The van der Waals surface area contributed by atoms with Crippen molar-refractivity contribution in [2.24, 2.45) is 0 Å². The summed E-state index contributed by atoms with van der Waals surface area (Å²) in [5.41, 5.74) is 0.803. The summed E-state index contributed by atoms with van der Waals surface area (Å²) in [6.45, 7) is 1.69. The molecule has 0 atom stereocenters. The van der Waals surface area contributed by atoms with Crippen LogP contribution in [0.2, 0.25) is 0 Å². The maximum Gasteiger partial charge on any atom is 0.286 e. The zero-order valence-corrected chi connectivity index (χ0v) is 16.8. The van der Waals surface area contributed by atoms with Crippen LogP contribution in [-0.2, 0) is 4.79 Å². The Labute approximate surface area is 168 Å². The summed E-state index contributed by atoms with van der Waals surface area (Å²) in [6, 6.07) is 7.62. The number of carbonyl (C=O) groups excluding carboxylic acids is 2. The van der Waals surface area contributed by atoms with Gasteiger partial charge in [0, 0.05) is 13.1 Å². The van der Waals surface area contributed by atoms with Crippen molar-refractivity contribution in [3.8, 4) is 0 Å². The van der Waals surface area contributed by atoms with Gasteiger partial charge in [0.2, 0.25) is 11.0 Å². The topological polar surface area (TPSA) is 88.1 Å². The van der Waals surface area contributed by atoms with Crippen molar-refractivity contribution in [3.63, 3.8) is 0 Å². The molecule has 0 radical (unpaired) electrons. The van der Waals surface area contributed by atoms with Gasteiger partial charge in [-0.25, -0.2) is 4.98 Å². The number of nitrogens with zero attached hydrogens (tertiary/aromatic N) is 4. The summed E-state index contributed by atoms with van der Waals surface area (Å²) in [5, 5.41) is 11.6.